The molecule has 0 spiro atoms. The summed E-state index contributed by atoms with van der Waals surface area (Å²) in [5, 5.41) is 6.57. The van der Waals surface area contributed by atoms with Gasteiger partial charge in [0.05, 0.1) is 18.3 Å². The molecule has 1 aliphatic rings. The Morgan fingerprint density at radius 1 is 1.13 bits per heavy atom. The molecule has 11 heteroatoms. The summed E-state index contributed by atoms with van der Waals surface area (Å²) < 4.78 is 22.2. The molecule has 200 valence electrons. The van der Waals surface area contributed by atoms with Gasteiger partial charge in [-0.1, -0.05) is 6.07 Å². The first kappa shape index (κ1) is 26.1. The Kier molecular flexibility index (Phi) is 7.33. The van der Waals surface area contributed by atoms with Crippen LogP contribution in [0.2, 0.25) is 0 Å². The zero-order valence-electron chi connectivity index (χ0n) is 22.5. The Labute approximate surface area is 221 Å². The number of nitrogens with zero attached hydrogens (tertiary/aromatic N) is 7. The van der Waals surface area contributed by atoms with Gasteiger partial charge in [0.1, 0.15) is 17.3 Å². The Morgan fingerprint density at radius 2 is 1.97 bits per heavy atom. The normalized spacial score (nSPS) is 16.7. The van der Waals surface area contributed by atoms with Crippen LogP contribution in [0.5, 0.6) is 0 Å². The summed E-state index contributed by atoms with van der Waals surface area (Å²) in [6.45, 7) is 12.6. The van der Waals surface area contributed by atoms with E-state index in [0.717, 1.165) is 49.3 Å². The number of methoxy groups -OCH3 is 1. The van der Waals surface area contributed by atoms with E-state index >= 15 is 0 Å². The van der Waals surface area contributed by atoms with Crippen LogP contribution in [0.15, 0.2) is 36.8 Å². The van der Waals surface area contributed by atoms with E-state index in [1.165, 1.54) is 0 Å². The lowest BCUT2D eigenvalue weighted by molar-refractivity contribution is 0.112. The van der Waals surface area contributed by atoms with Crippen LogP contribution in [-0.4, -0.2) is 73.8 Å². The highest BCUT2D eigenvalue weighted by Crippen LogP contribution is 2.29. The van der Waals surface area contributed by atoms with Gasteiger partial charge in [-0.3, -0.25) is 4.90 Å². The molecule has 5 rings (SSSR count). The maximum atomic E-state index is 14.8. The molecule has 0 aliphatic carbocycles. The van der Waals surface area contributed by atoms with E-state index < -0.39 is 5.82 Å². The standard InChI is InChI=1S/C27H34FN9O/c1-17-33-25-22(37(17)27(2,3)4)10-19(12-31-25)24-21(28)13-32-26(35-24)34-23-7-6-18(11-30-23)14-36-9-8-29-20(15-36)16-38-5/h6-7,10-13,20,29H,8-9,14-16H2,1-5H3,(H,30,32,34,35)/t20-/m0/s1. The van der Waals surface area contributed by atoms with E-state index in [1.54, 1.807) is 13.3 Å². The van der Waals surface area contributed by atoms with Crippen molar-refractivity contribution in [1.82, 2.24) is 39.7 Å². The van der Waals surface area contributed by atoms with Gasteiger partial charge in [0.15, 0.2) is 11.5 Å². The van der Waals surface area contributed by atoms with Gasteiger partial charge in [0, 0.05) is 62.8 Å². The monoisotopic (exact) mass is 519 g/mol. The molecule has 5 heterocycles. The fraction of sp³-hybridized carbons (Fsp3) is 0.444. The number of hydrogen-bond donors (Lipinski definition) is 2. The van der Waals surface area contributed by atoms with Crippen molar-refractivity contribution in [3.63, 3.8) is 0 Å². The number of nitrogens with one attached hydrogen (secondary N) is 2. The Hall–Kier alpha value is -3.54. The third-order valence-corrected chi connectivity index (χ3v) is 6.55. The van der Waals surface area contributed by atoms with Gasteiger partial charge in [-0.05, 0) is 45.4 Å². The number of pyridine rings is 2. The average Bonchev–Trinajstić information content (AvgIpc) is 3.22. The van der Waals surface area contributed by atoms with E-state index in [4.69, 9.17) is 4.74 Å². The molecule has 0 bridgehead atoms. The molecular formula is C27H34FN9O. The zero-order chi connectivity index (χ0) is 26.9. The van der Waals surface area contributed by atoms with E-state index in [1.807, 2.05) is 31.3 Å². The summed E-state index contributed by atoms with van der Waals surface area (Å²) in [6, 6.07) is 6.13. The van der Waals surface area contributed by atoms with E-state index in [2.05, 4.69) is 65.8 Å². The molecule has 0 unspecified atom stereocenters. The number of imidazole rings is 1. The number of piperazine rings is 1. The third kappa shape index (κ3) is 5.64. The van der Waals surface area contributed by atoms with Crippen molar-refractivity contribution in [2.24, 2.45) is 0 Å². The number of aryl methyl sites for hydroxylation is 1. The minimum atomic E-state index is -0.527. The van der Waals surface area contributed by atoms with Crippen molar-refractivity contribution in [2.75, 3.05) is 38.7 Å². The lowest BCUT2D eigenvalue weighted by atomic mass is 10.1. The largest absolute Gasteiger partial charge is 0.383 e. The van der Waals surface area contributed by atoms with Gasteiger partial charge in [0.2, 0.25) is 5.95 Å². The molecule has 0 amide bonds. The first-order chi connectivity index (χ1) is 18.2. The summed E-state index contributed by atoms with van der Waals surface area (Å²) in [5.41, 5.74) is 3.07. The topological polar surface area (TPSA) is 106 Å². The number of aromatic nitrogens is 6. The molecule has 1 saturated heterocycles. The van der Waals surface area contributed by atoms with Gasteiger partial charge < -0.3 is 19.9 Å². The Bertz CT molecular complexity index is 1410. The number of halogens is 1. The molecule has 0 radical (unpaired) electrons. The predicted octanol–water partition coefficient (Wildman–Crippen LogP) is 3.65. The summed E-state index contributed by atoms with van der Waals surface area (Å²) >= 11 is 0. The SMILES string of the molecule is COC[C@@H]1CN(Cc2ccc(Nc3ncc(F)c(-c4cnc5nc(C)n(C(C)(C)C)c5c4)n3)nc2)CCN1. The molecule has 4 aromatic heterocycles. The minimum absolute atomic E-state index is 0.164. The summed E-state index contributed by atoms with van der Waals surface area (Å²) in [6.07, 6.45) is 4.60. The summed E-state index contributed by atoms with van der Waals surface area (Å²) in [7, 11) is 1.73. The maximum Gasteiger partial charge on any atom is 0.229 e. The van der Waals surface area contributed by atoms with Crippen molar-refractivity contribution < 1.29 is 9.13 Å². The van der Waals surface area contributed by atoms with Crippen molar-refractivity contribution in [1.29, 1.82) is 0 Å². The molecule has 2 N–H and O–H groups in total. The molecule has 0 aromatic carbocycles. The van der Waals surface area contributed by atoms with Crippen LogP contribution in [-0.2, 0) is 16.8 Å². The van der Waals surface area contributed by atoms with E-state index in [-0.39, 0.29) is 17.2 Å². The van der Waals surface area contributed by atoms with Crippen LogP contribution >= 0.6 is 0 Å². The van der Waals surface area contributed by atoms with Crippen LogP contribution in [0.4, 0.5) is 16.2 Å². The van der Waals surface area contributed by atoms with Crippen molar-refractivity contribution >= 4 is 22.9 Å². The number of anilines is 2. The second kappa shape index (κ2) is 10.7. The van der Waals surface area contributed by atoms with Gasteiger partial charge in [-0.25, -0.2) is 29.3 Å². The van der Waals surface area contributed by atoms with Crippen LogP contribution in [0.1, 0.15) is 32.2 Å². The molecule has 38 heavy (non-hydrogen) atoms. The fourth-order valence-electron chi connectivity index (χ4n) is 5.00. The average molecular weight is 520 g/mol. The highest BCUT2D eigenvalue weighted by Gasteiger charge is 2.22. The minimum Gasteiger partial charge on any atom is -0.383 e. The van der Waals surface area contributed by atoms with Gasteiger partial charge >= 0.3 is 0 Å². The summed E-state index contributed by atoms with van der Waals surface area (Å²) in [5.74, 6) is 1.16. The predicted molar refractivity (Wildman–Crippen MR) is 145 cm³/mol. The highest BCUT2D eigenvalue weighted by molar-refractivity contribution is 5.78. The zero-order valence-corrected chi connectivity index (χ0v) is 22.5. The second-order valence-corrected chi connectivity index (χ2v) is 10.6. The molecule has 1 fully saturated rings. The maximum absolute atomic E-state index is 14.8. The van der Waals surface area contributed by atoms with Crippen molar-refractivity contribution in [3.8, 4) is 11.3 Å². The van der Waals surface area contributed by atoms with Crippen LogP contribution < -0.4 is 10.6 Å². The second-order valence-electron chi connectivity index (χ2n) is 10.6. The number of rotatable bonds is 7. The van der Waals surface area contributed by atoms with Gasteiger partial charge in [-0.2, -0.15) is 0 Å². The Morgan fingerprint density at radius 3 is 2.71 bits per heavy atom. The lowest BCUT2D eigenvalue weighted by Gasteiger charge is -2.33. The third-order valence-electron chi connectivity index (χ3n) is 6.55. The molecule has 4 aromatic rings. The number of hydrogen-bond acceptors (Lipinski definition) is 9. The van der Waals surface area contributed by atoms with Gasteiger partial charge in [0.25, 0.3) is 0 Å². The quantitative estimate of drug-likeness (QED) is 0.378. The van der Waals surface area contributed by atoms with E-state index in [9.17, 15) is 4.39 Å². The van der Waals surface area contributed by atoms with Crippen LogP contribution in [0, 0.1) is 12.7 Å². The van der Waals surface area contributed by atoms with Gasteiger partial charge in [-0.15, -0.1) is 0 Å². The molecule has 1 aliphatic heterocycles. The van der Waals surface area contributed by atoms with Crippen molar-refractivity contribution in [2.45, 2.75) is 45.8 Å². The molecule has 10 nitrogen and oxygen atoms in total. The van der Waals surface area contributed by atoms with Crippen LogP contribution in [0.25, 0.3) is 22.4 Å². The first-order valence-electron chi connectivity index (χ1n) is 12.8. The molecule has 1 atom stereocenters. The smallest absolute Gasteiger partial charge is 0.229 e. The van der Waals surface area contributed by atoms with E-state index in [0.29, 0.717) is 29.7 Å². The first-order valence-corrected chi connectivity index (χ1v) is 12.8. The number of fused-ring (bicyclic) bond motifs is 1. The fourth-order valence-corrected chi connectivity index (χ4v) is 5.00. The summed E-state index contributed by atoms with van der Waals surface area (Å²) in [4.78, 5) is 24.5. The Balaban J connectivity index is 1.33. The number of ether oxygens (including phenoxy) is 1. The van der Waals surface area contributed by atoms with Crippen LogP contribution in [0.3, 0.4) is 0 Å². The van der Waals surface area contributed by atoms with Crippen molar-refractivity contribution in [3.05, 3.63) is 54.0 Å². The molecular weight excluding hydrogens is 485 g/mol. The molecule has 0 saturated carbocycles. The highest BCUT2D eigenvalue weighted by atomic mass is 19.1. The lowest BCUT2D eigenvalue weighted by Crippen LogP contribution is -2.52.